The van der Waals surface area contributed by atoms with Crippen molar-refractivity contribution >= 4 is 22.4 Å². The summed E-state index contributed by atoms with van der Waals surface area (Å²) in [6.45, 7) is 4.13. The van der Waals surface area contributed by atoms with E-state index in [4.69, 9.17) is 5.26 Å². The lowest BCUT2D eigenvalue weighted by Crippen LogP contribution is -2.10. The van der Waals surface area contributed by atoms with Gasteiger partial charge in [0.25, 0.3) is 0 Å². The first-order valence-corrected chi connectivity index (χ1v) is 6.47. The van der Waals surface area contributed by atoms with E-state index >= 15 is 0 Å². The molecule has 0 atom stereocenters. The number of anilines is 2. The molecule has 0 aliphatic carbocycles. The van der Waals surface area contributed by atoms with Crippen molar-refractivity contribution in [3.05, 3.63) is 35.7 Å². The van der Waals surface area contributed by atoms with Crippen LogP contribution < -0.4 is 4.90 Å². The summed E-state index contributed by atoms with van der Waals surface area (Å²) in [5, 5.41) is 9.91. The summed E-state index contributed by atoms with van der Waals surface area (Å²) >= 11 is 1.36. The Balaban J connectivity index is 2.36. The monoisotopic (exact) mass is 258 g/mol. The van der Waals surface area contributed by atoms with Crippen LogP contribution in [0.15, 0.2) is 24.3 Å². The van der Waals surface area contributed by atoms with Crippen molar-refractivity contribution in [3.63, 3.8) is 0 Å². The third-order valence-electron chi connectivity index (χ3n) is 2.62. The average molecular weight is 258 g/mol. The van der Waals surface area contributed by atoms with Gasteiger partial charge in [0.1, 0.15) is 11.9 Å². The zero-order valence-electron chi connectivity index (χ0n) is 10.6. The number of hydrogen-bond acceptors (Lipinski definition) is 5. The Kier molecular flexibility index (Phi) is 3.58. The number of nitriles is 1. The molecule has 0 aliphatic heterocycles. The highest BCUT2D eigenvalue weighted by molar-refractivity contribution is 7.09. The Morgan fingerprint density at radius 2 is 2.06 bits per heavy atom. The van der Waals surface area contributed by atoms with Gasteiger partial charge < -0.3 is 4.90 Å². The number of nitrogens with zero attached hydrogens (tertiary/aromatic N) is 4. The van der Waals surface area contributed by atoms with E-state index in [0.29, 0.717) is 11.5 Å². The first-order valence-electron chi connectivity index (χ1n) is 5.70. The van der Waals surface area contributed by atoms with E-state index < -0.39 is 0 Å². The molecule has 0 bridgehead atoms. The Morgan fingerprint density at radius 1 is 1.33 bits per heavy atom. The Bertz CT molecular complexity index is 583. The van der Waals surface area contributed by atoms with Crippen LogP contribution in [0.2, 0.25) is 0 Å². The molecule has 0 saturated carbocycles. The number of para-hydroxylation sites is 1. The number of benzene rings is 1. The molecule has 0 amide bonds. The molecule has 1 heterocycles. The fraction of sp³-hybridized carbons (Fsp3) is 0.308. The summed E-state index contributed by atoms with van der Waals surface area (Å²) in [5.74, 6) is 1.16. The second-order valence-corrected chi connectivity index (χ2v) is 5.01. The molecule has 5 heteroatoms. The molecule has 0 radical (unpaired) electrons. The van der Waals surface area contributed by atoms with Crippen molar-refractivity contribution in [2.75, 3.05) is 11.9 Å². The lowest BCUT2D eigenvalue weighted by atomic mass is 10.2. The van der Waals surface area contributed by atoms with E-state index in [1.54, 1.807) is 6.07 Å². The second kappa shape index (κ2) is 5.15. The van der Waals surface area contributed by atoms with Crippen LogP contribution in [-0.4, -0.2) is 16.4 Å². The molecule has 1 aromatic carbocycles. The summed E-state index contributed by atoms with van der Waals surface area (Å²) in [6.07, 6.45) is 0. The van der Waals surface area contributed by atoms with Crippen LogP contribution in [0.25, 0.3) is 0 Å². The van der Waals surface area contributed by atoms with Gasteiger partial charge >= 0.3 is 0 Å². The third-order valence-corrected chi connectivity index (χ3v) is 3.43. The van der Waals surface area contributed by atoms with Crippen molar-refractivity contribution in [2.45, 2.75) is 19.8 Å². The minimum Gasteiger partial charge on any atom is -0.318 e. The maximum Gasteiger partial charge on any atom is 0.209 e. The topological polar surface area (TPSA) is 52.8 Å². The molecule has 0 aliphatic rings. The first-order chi connectivity index (χ1) is 8.63. The van der Waals surface area contributed by atoms with Crippen molar-refractivity contribution in [2.24, 2.45) is 0 Å². The molecule has 1 aromatic heterocycles. The van der Waals surface area contributed by atoms with Crippen molar-refractivity contribution in [1.82, 2.24) is 9.36 Å². The minimum absolute atomic E-state index is 0.314. The highest BCUT2D eigenvalue weighted by Gasteiger charge is 2.14. The second-order valence-electron chi connectivity index (χ2n) is 4.28. The van der Waals surface area contributed by atoms with Crippen molar-refractivity contribution < 1.29 is 0 Å². The molecule has 0 spiro atoms. The van der Waals surface area contributed by atoms with E-state index in [2.05, 4.69) is 29.3 Å². The van der Waals surface area contributed by atoms with Gasteiger partial charge in [-0.25, -0.2) is 4.98 Å². The standard InChI is InChI=1S/C13H14N4S/c1-9(2)12-15-13(18-16-12)17(3)11-7-5-4-6-10(11)8-14/h4-7,9H,1-3H3. The highest BCUT2D eigenvalue weighted by atomic mass is 32.1. The zero-order chi connectivity index (χ0) is 13.1. The van der Waals surface area contributed by atoms with Crippen molar-refractivity contribution in [3.8, 4) is 6.07 Å². The quantitative estimate of drug-likeness (QED) is 0.847. The van der Waals surface area contributed by atoms with E-state index in [1.807, 2.05) is 30.1 Å². The fourth-order valence-corrected chi connectivity index (χ4v) is 2.34. The lowest BCUT2D eigenvalue weighted by molar-refractivity contribution is 0.798. The van der Waals surface area contributed by atoms with Gasteiger partial charge in [-0.3, -0.25) is 0 Å². The molecule has 2 rings (SSSR count). The van der Waals surface area contributed by atoms with Crippen LogP contribution >= 0.6 is 11.5 Å². The van der Waals surface area contributed by atoms with Crippen LogP contribution in [0.4, 0.5) is 10.8 Å². The summed E-state index contributed by atoms with van der Waals surface area (Å²) in [6, 6.07) is 9.67. The molecule has 92 valence electrons. The third kappa shape index (κ3) is 2.34. The van der Waals surface area contributed by atoms with Crippen LogP contribution in [0.5, 0.6) is 0 Å². The van der Waals surface area contributed by atoms with Gasteiger partial charge in [0.2, 0.25) is 5.13 Å². The molecule has 0 fully saturated rings. The smallest absolute Gasteiger partial charge is 0.209 e. The van der Waals surface area contributed by atoms with E-state index in [1.165, 1.54) is 11.5 Å². The molecule has 0 unspecified atom stereocenters. The predicted molar refractivity (Wildman–Crippen MR) is 73.2 cm³/mol. The van der Waals surface area contributed by atoms with Gasteiger partial charge in [-0.15, -0.1) is 0 Å². The van der Waals surface area contributed by atoms with Gasteiger partial charge in [-0.05, 0) is 12.1 Å². The van der Waals surface area contributed by atoms with Crippen molar-refractivity contribution in [1.29, 1.82) is 5.26 Å². The average Bonchev–Trinajstić information content (AvgIpc) is 2.87. The van der Waals surface area contributed by atoms with Crippen LogP contribution in [0.3, 0.4) is 0 Å². The van der Waals surface area contributed by atoms with Gasteiger partial charge in [-0.2, -0.15) is 9.64 Å². The molecule has 0 saturated heterocycles. The lowest BCUT2D eigenvalue weighted by Gasteiger charge is -2.16. The minimum atomic E-state index is 0.314. The van der Waals surface area contributed by atoms with Crippen LogP contribution in [0, 0.1) is 11.3 Å². The van der Waals surface area contributed by atoms with E-state index in [9.17, 15) is 0 Å². The van der Waals surface area contributed by atoms with Crippen LogP contribution in [0.1, 0.15) is 31.2 Å². The summed E-state index contributed by atoms with van der Waals surface area (Å²) in [5.41, 5.74) is 1.49. The maximum absolute atomic E-state index is 9.10. The maximum atomic E-state index is 9.10. The Morgan fingerprint density at radius 3 is 2.67 bits per heavy atom. The van der Waals surface area contributed by atoms with Crippen LogP contribution in [-0.2, 0) is 0 Å². The summed E-state index contributed by atoms with van der Waals surface area (Å²) in [4.78, 5) is 6.39. The van der Waals surface area contributed by atoms with Gasteiger partial charge in [-0.1, -0.05) is 26.0 Å². The van der Waals surface area contributed by atoms with Gasteiger partial charge in [0, 0.05) is 24.5 Å². The number of hydrogen-bond donors (Lipinski definition) is 0. The van der Waals surface area contributed by atoms with Gasteiger partial charge in [0.15, 0.2) is 0 Å². The molecule has 2 aromatic rings. The zero-order valence-corrected chi connectivity index (χ0v) is 11.4. The molecule has 0 N–H and O–H groups in total. The molecule has 18 heavy (non-hydrogen) atoms. The summed E-state index contributed by atoms with van der Waals surface area (Å²) < 4.78 is 4.32. The molecular weight excluding hydrogens is 244 g/mol. The SMILES string of the molecule is CC(C)c1nsc(N(C)c2ccccc2C#N)n1. The Hall–Kier alpha value is -1.93. The number of rotatable bonds is 3. The fourth-order valence-electron chi connectivity index (χ4n) is 1.56. The van der Waals surface area contributed by atoms with E-state index in [-0.39, 0.29) is 0 Å². The molecular formula is C13H14N4S. The first kappa shape index (κ1) is 12.5. The molecule has 4 nitrogen and oxygen atoms in total. The number of aromatic nitrogens is 2. The van der Waals surface area contributed by atoms with E-state index in [0.717, 1.165) is 16.6 Å². The van der Waals surface area contributed by atoms with Gasteiger partial charge in [0.05, 0.1) is 11.3 Å². The largest absolute Gasteiger partial charge is 0.318 e. The highest BCUT2D eigenvalue weighted by Crippen LogP contribution is 2.28. The Labute approximate surface area is 111 Å². The predicted octanol–water partition coefficient (Wildman–Crippen LogP) is 3.30. The normalized spacial score (nSPS) is 10.4. The summed E-state index contributed by atoms with van der Waals surface area (Å²) in [7, 11) is 1.90.